The highest BCUT2D eigenvalue weighted by Gasteiger charge is 2.36. The van der Waals surface area contributed by atoms with Gasteiger partial charge in [-0.05, 0) is 64.5 Å². The number of para-hydroxylation sites is 1. The second kappa shape index (κ2) is 10.7. The number of fused-ring (bicyclic) bond motifs is 1. The lowest BCUT2D eigenvalue weighted by Gasteiger charge is -2.13. The van der Waals surface area contributed by atoms with E-state index in [9.17, 15) is 18.8 Å². The Morgan fingerprint density at radius 1 is 0.919 bits per heavy atom. The molecule has 3 amide bonds. The van der Waals surface area contributed by atoms with Crippen molar-refractivity contribution < 1.29 is 23.5 Å². The Morgan fingerprint density at radius 2 is 1.65 bits per heavy atom. The van der Waals surface area contributed by atoms with Gasteiger partial charge >= 0.3 is 0 Å². The molecule has 0 spiro atoms. The van der Waals surface area contributed by atoms with Crippen LogP contribution in [0.15, 0.2) is 95.9 Å². The molecule has 1 fully saturated rings. The largest absolute Gasteiger partial charge is 0.488 e. The molecule has 0 aromatic heterocycles. The molecule has 0 radical (unpaired) electrons. The normalized spacial score (nSPS) is 14.4. The van der Waals surface area contributed by atoms with Gasteiger partial charge in [0.2, 0.25) is 5.91 Å². The number of halogens is 1. The minimum absolute atomic E-state index is 0.195. The number of carbonyl (C=O) groups is 3. The molecule has 4 aromatic carbocycles. The number of nitrogens with one attached hydrogen (secondary N) is 1. The molecule has 1 saturated heterocycles. The zero-order valence-corrected chi connectivity index (χ0v) is 20.3. The Hall–Kier alpha value is -4.43. The summed E-state index contributed by atoms with van der Waals surface area (Å²) in [5.41, 5.74) is 2.04. The van der Waals surface area contributed by atoms with Crippen LogP contribution in [-0.4, -0.2) is 28.5 Å². The van der Waals surface area contributed by atoms with E-state index in [1.807, 2.05) is 54.6 Å². The Balaban J connectivity index is 1.29. The summed E-state index contributed by atoms with van der Waals surface area (Å²) in [7, 11) is 0. The Kier molecular flexibility index (Phi) is 7.00. The van der Waals surface area contributed by atoms with Gasteiger partial charge in [0, 0.05) is 11.3 Å². The second-order valence-corrected chi connectivity index (χ2v) is 9.28. The first kappa shape index (κ1) is 24.3. The summed E-state index contributed by atoms with van der Waals surface area (Å²) in [6.45, 7) is -0.115. The SMILES string of the molecule is O=C(CN1C(=O)S/C(=C\c2ccccc2OCc2cccc3ccccc23)C1=O)Nc1ccc(F)cc1. The van der Waals surface area contributed by atoms with Crippen molar-refractivity contribution in [2.75, 3.05) is 11.9 Å². The van der Waals surface area contributed by atoms with Gasteiger partial charge in [-0.2, -0.15) is 0 Å². The molecule has 0 atom stereocenters. The Morgan fingerprint density at radius 3 is 2.49 bits per heavy atom. The molecule has 5 rings (SSSR count). The zero-order valence-electron chi connectivity index (χ0n) is 19.5. The van der Waals surface area contributed by atoms with E-state index >= 15 is 0 Å². The molecule has 37 heavy (non-hydrogen) atoms. The molecule has 0 unspecified atom stereocenters. The predicted molar refractivity (Wildman–Crippen MR) is 142 cm³/mol. The second-order valence-electron chi connectivity index (χ2n) is 8.29. The van der Waals surface area contributed by atoms with Crippen molar-refractivity contribution in [1.29, 1.82) is 0 Å². The fourth-order valence-corrected chi connectivity index (χ4v) is 4.79. The Labute approximate surface area is 216 Å². The van der Waals surface area contributed by atoms with Crippen LogP contribution in [0.5, 0.6) is 5.75 Å². The van der Waals surface area contributed by atoms with Crippen molar-refractivity contribution in [3.05, 3.63) is 113 Å². The van der Waals surface area contributed by atoms with Crippen LogP contribution in [0.4, 0.5) is 14.9 Å². The van der Waals surface area contributed by atoms with E-state index in [-0.39, 0.29) is 4.91 Å². The van der Waals surface area contributed by atoms with E-state index in [0.717, 1.165) is 33.0 Å². The first-order valence-corrected chi connectivity index (χ1v) is 12.3. The first-order valence-electron chi connectivity index (χ1n) is 11.5. The van der Waals surface area contributed by atoms with Gasteiger partial charge in [0.25, 0.3) is 11.1 Å². The summed E-state index contributed by atoms with van der Waals surface area (Å²) in [6.07, 6.45) is 1.60. The number of hydrogen-bond acceptors (Lipinski definition) is 5. The monoisotopic (exact) mass is 512 g/mol. The fraction of sp³-hybridized carbons (Fsp3) is 0.0690. The van der Waals surface area contributed by atoms with Crippen molar-refractivity contribution in [1.82, 2.24) is 4.90 Å². The quantitative estimate of drug-likeness (QED) is 0.297. The van der Waals surface area contributed by atoms with E-state index in [0.29, 0.717) is 23.6 Å². The number of imide groups is 1. The predicted octanol–water partition coefficient (Wildman–Crippen LogP) is 6.23. The minimum atomic E-state index is -0.562. The highest BCUT2D eigenvalue weighted by atomic mass is 32.2. The van der Waals surface area contributed by atoms with Gasteiger partial charge in [-0.25, -0.2) is 4.39 Å². The maximum absolute atomic E-state index is 13.1. The van der Waals surface area contributed by atoms with Gasteiger partial charge in [-0.3, -0.25) is 19.3 Å². The first-order chi connectivity index (χ1) is 18.0. The molecule has 0 bridgehead atoms. The smallest absolute Gasteiger partial charge is 0.294 e. The van der Waals surface area contributed by atoms with Crippen molar-refractivity contribution in [3.8, 4) is 5.75 Å². The molecular formula is C29H21FN2O4S. The Bertz CT molecular complexity index is 1530. The van der Waals surface area contributed by atoms with E-state index in [1.54, 1.807) is 18.2 Å². The lowest BCUT2D eigenvalue weighted by atomic mass is 10.1. The molecule has 184 valence electrons. The minimum Gasteiger partial charge on any atom is -0.488 e. The molecule has 1 aliphatic heterocycles. The van der Waals surface area contributed by atoms with Gasteiger partial charge in [0.15, 0.2) is 0 Å². The molecule has 0 saturated carbocycles. The molecule has 1 heterocycles. The number of nitrogens with zero attached hydrogens (tertiary/aromatic N) is 1. The number of carbonyl (C=O) groups excluding carboxylic acids is 3. The van der Waals surface area contributed by atoms with E-state index in [4.69, 9.17) is 4.74 Å². The highest BCUT2D eigenvalue weighted by molar-refractivity contribution is 8.18. The van der Waals surface area contributed by atoms with Crippen LogP contribution in [0.2, 0.25) is 0 Å². The average molecular weight is 513 g/mol. The van der Waals surface area contributed by atoms with Crippen LogP contribution < -0.4 is 10.1 Å². The number of thioether (sulfide) groups is 1. The number of amides is 3. The van der Waals surface area contributed by atoms with Crippen LogP contribution in [0.25, 0.3) is 16.8 Å². The molecule has 8 heteroatoms. The van der Waals surface area contributed by atoms with E-state index < -0.39 is 29.4 Å². The maximum Gasteiger partial charge on any atom is 0.294 e. The summed E-state index contributed by atoms with van der Waals surface area (Å²) in [4.78, 5) is 38.9. The average Bonchev–Trinajstić information content (AvgIpc) is 3.16. The third-order valence-electron chi connectivity index (χ3n) is 5.77. The third-order valence-corrected chi connectivity index (χ3v) is 6.68. The van der Waals surface area contributed by atoms with Crippen molar-refractivity contribution in [3.63, 3.8) is 0 Å². The topological polar surface area (TPSA) is 75.7 Å². The fourth-order valence-electron chi connectivity index (χ4n) is 3.96. The van der Waals surface area contributed by atoms with E-state index in [1.165, 1.54) is 24.3 Å². The summed E-state index contributed by atoms with van der Waals surface area (Å²) < 4.78 is 19.2. The molecule has 4 aromatic rings. The number of rotatable bonds is 7. The number of anilines is 1. The summed E-state index contributed by atoms with van der Waals surface area (Å²) in [5, 5.41) is 4.23. The summed E-state index contributed by atoms with van der Waals surface area (Å²) in [5.74, 6) is -0.992. The van der Waals surface area contributed by atoms with Crippen molar-refractivity contribution in [2.24, 2.45) is 0 Å². The van der Waals surface area contributed by atoms with Gasteiger partial charge < -0.3 is 10.1 Å². The standard InChI is InChI=1S/C29H21FN2O4S/c30-22-12-14-23(15-13-22)31-27(33)17-32-28(34)26(37-29(32)35)16-20-7-2-4-11-25(20)36-18-21-9-5-8-19-6-1-3-10-24(19)21/h1-16H,17-18H2,(H,31,33)/b26-16-. The lowest BCUT2D eigenvalue weighted by molar-refractivity contribution is -0.127. The van der Waals surface area contributed by atoms with Crippen LogP contribution in [-0.2, 0) is 16.2 Å². The molecular weight excluding hydrogens is 491 g/mol. The van der Waals surface area contributed by atoms with Gasteiger partial charge in [-0.15, -0.1) is 0 Å². The maximum atomic E-state index is 13.1. The van der Waals surface area contributed by atoms with Crippen LogP contribution >= 0.6 is 11.8 Å². The van der Waals surface area contributed by atoms with Gasteiger partial charge in [0.1, 0.15) is 24.7 Å². The zero-order chi connectivity index (χ0) is 25.8. The van der Waals surface area contributed by atoms with Gasteiger partial charge in [-0.1, -0.05) is 60.7 Å². The molecule has 0 aliphatic carbocycles. The van der Waals surface area contributed by atoms with Crippen LogP contribution in [0.1, 0.15) is 11.1 Å². The van der Waals surface area contributed by atoms with Crippen LogP contribution in [0.3, 0.4) is 0 Å². The van der Waals surface area contributed by atoms with Gasteiger partial charge in [0.05, 0.1) is 4.91 Å². The number of ether oxygens (including phenoxy) is 1. The molecule has 1 N–H and O–H groups in total. The van der Waals surface area contributed by atoms with Crippen molar-refractivity contribution in [2.45, 2.75) is 6.61 Å². The van der Waals surface area contributed by atoms with Crippen LogP contribution in [0, 0.1) is 5.82 Å². The summed E-state index contributed by atoms with van der Waals surface area (Å²) in [6, 6.07) is 26.6. The number of hydrogen-bond donors (Lipinski definition) is 1. The molecule has 6 nitrogen and oxygen atoms in total. The summed E-state index contributed by atoms with van der Waals surface area (Å²) >= 11 is 0.765. The third kappa shape index (κ3) is 5.54. The molecule has 1 aliphatic rings. The number of benzene rings is 4. The van der Waals surface area contributed by atoms with Crippen molar-refractivity contribution >= 4 is 51.4 Å². The van der Waals surface area contributed by atoms with E-state index in [2.05, 4.69) is 5.32 Å². The lowest BCUT2D eigenvalue weighted by Crippen LogP contribution is -2.36. The highest BCUT2D eigenvalue weighted by Crippen LogP contribution is 2.34.